The van der Waals surface area contributed by atoms with E-state index in [2.05, 4.69) is 20.6 Å². The fourth-order valence-electron chi connectivity index (χ4n) is 3.42. The van der Waals surface area contributed by atoms with Crippen LogP contribution in [-0.2, 0) is 7.05 Å². The van der Waals surface area contributed by atoms with Crippen molar-refractivity contribution in [1.29, 1.82) is 0 Å². The minimum absolute atomic E-state index is 0.304. The van der Waals surface area contributed by atoms with Crippen molar-refractivity contribution >= 4 is 16.8 Å². The third kappa shape index (κ3) is 3.01. The van der Waals surface area contributed by atoms with Crippen molar-refractivity contribution in [2.45, 2.75) is 37.9 Å². The fourth-order valence-corrected chi connectivity index (χ4v) is 3.42. The molecule has 0 spiro atoms. The quantitative estimate of drug-likeness (QED) is 0.769. The summed E-state index contributed by atoms with van der Waals surface area (Å²) in [4.78, 5) is 12.6. The number of aromatic nitrogens is 4. The molecule has 1 fully saturated rings. The summed E-state index contributed by atoms with van der Waals surface area (Å²) in [7, 11) is 1.86. The first-order valence-corrected chi connectivity index (χ1v) is 8.54. The topological polar surface area (TPSA) is 75.6 Å². The van der Waals surface area contributed by atoms with Gasteiger partial charge in [-0.1, -0.05) is 18.9 Å². The maximum Gasteiger partial charge on any atom is 0.272 e. The lowest BCUT2D eigenvalue weighted by Crippen LogP contribution is -2.43. The van der Waals surface area contributed by atoms with Crippen molar-refractivity contribution in [2.24, 2.45) is 7.05 Å². The summed E-state index contributed by atoms with van der Waals surface area (Å²) in [6.45, 7) is 0. The molecule has 2 heterocycles. The summed E-state index contributed by atoms with van der Waals surface area (Å²) >= 11 is 0. The van der Waals surface area contributed by atoms with E-state index < -0.39 is 12.2 Å². The van der Waals surface area contributed by atoms with E-state index in [0.717, 1.165) is 34.9 Å². The number of alkyl halides is 1. The van der Waals surface area contributed by atoms with E-state index in [1.165, 1.54) is 0 Å². The van der Waals surface area contributed by atoms with Crippen LogP contribution in [0.5, 0.6) is 0 Å². The van der Waals surface area contributed by atoms with Crippen LogP contribution in [0.4, 0.5) is 4.39 Å². The molecule has 1 amide bonds. The lowest BCUT2D eigenvalue weighted by Gasteiger charge is -2.26. The molecule has 0 aliphatic heterocycles. The van der Waals surface area contributed by atoms with Crippen molar-refractivity contribution in [2.75, 3.05) is 0 Å². The maximum atomic E-state index is 14.0. The minimum atomic E-state index is -0.978. The normalized spacial score (nSPS) is 20.7. The molecule has 2 atom stereocenters. The van der Waals surface area contributed by atoms with Gasteiger partial charge in [-0.2, -0.15) is 10.2 Å². The van der Waals surface area contributed by atoms with Crippen LogP contribution < -0.4 is 5.32 Å². The van der Waals surface area contributed by atoms with Gasteiger partial charge in [0.15, 0.2) is 5.69 Å². The molecule has 0 unspecified atom stereocenters. The fraction of sp³-hybridized carbons (Fsp3) is 0.389. The van der Waals surface area contributed by atoms with Crippen molar-refractivity contribution in [3.05, 3.63) is 36.3 Å². The lowest BCUT2D eigenvalue weighted by molar-refractivity contribution is 0.0880. The van der Waals surface area contributed by atoms with E-state index in [0.29, 0.717) is 18.5 Å². The van der Waals surface area contributed by atoms with Crippen LogP contribution in [0, 0.1) is 0 Å². The van der Waals surface area contributed by atoms with E-state index in [1.54, 1.807) is 10.9 Å². The zero-order valence-electron chi connectivity index (χ0n) is 14.0. The Morgan fingerprint density at radius 2 is 2.16 bits per heavy atom. The molecule has 130 valence electrons. The molecule has 2 aromatic heterocycles. The Balaban J connectivity index is 1.64. The number of carbonyl (C=O) groups is 1. The van der Waals surface area contributed by atoms with E-state index in [9.17, 15) is 9.18 Å². The average Bonchev–Trinajstić information content (AvgIpc) is 3.22. The second-order valence-electron chi connectivity index (χ2n) is 6.62. The number of nitrogens with zero attached hydrogens (tertiary/aromatic N) is 3. The molecular formula is C18H20FN5O. The lowest BCUT2D eigenvalue weighted by atomic mass is 9.93. The first-order chi connectivity index (χ1) is 12.1. The highest BCUT2D eigenvalue weighted by Crippen LogP contribution is 2.26. The Hall–Kier alpha value is -2.70. The SMILES string of the molecule is Cn1cc(-c2ccc3[nH]nc(C(=O)N[C@@H]4CCCC[C@H]4F)c3c2)cn1. The predicted molar refractivity (Wildman–Crippen MR) is 92.9 cm³/mol. The van der Waals surface area contributed by atoms with Gasteiger partial charge in [-0.3, -0.25) is 14.6 Å². The zero-order chi connectivity index (χ0) is 17.4. The average molecular weight is 341 g/mol. The van der Waals surface area contributed by atoms with E-state index in [1.807, 2.05) is 31.4 Å². The minimum Gasteiger partial charge on any atom is -0.345 e. The first-order valence-electron chi connectivity index (χ1n) is 8.54. The Labute approximate surface area is 144 Å². The number of aromatic amines is 1. The van der Waals surface area contributed by atoms with Gasteiger partial charge in [-0.25, -0.2) is 4.39 Å². The second-order valence-corrected chi connectivity index (χ2v) is 6.62. The largest absolute Gasteiger partial charge is 0.345 e. The number of halogens is 1. The highest BCUT2D eigenvalue weighted by atomic mass is 19.1. The van der Waals surface area contributed by atoms with Gasteiger partial charge in [0, 0.05) is 24.2 Å². The van der Waals surface area contributed by atoms with Crippen molar-refractivity contribution in [3.63, 3.8) is 0 Å². The molecule has 4 rings (SSSR count). The van der Waals surface area contributed by atoms with Gasteiger partial charge in [-0.15, -0.1) is 0 Å². The van der Waals surface area contributed by atoms with Crippen LogP contribution in [0.1, 0.15) is 36.2 Å². The van der Waals surface area contributed by atoms with Crippen molar-refractivity contribution < 1.29 is 9.18 Å². The number of carbonyl (C=O) groups excluding carboxylic acids is 1. The molecule has 0 bridgehead atoms. The highest BCUT2D eigenvalue weighted by molar-refractivity contribution is 6.05. The first kappa shape index (κ1) is 15.8. The molecule has 1 saturated carbocycles. The van der Waals surface area contributed by atoms with Crippen molar-refractivity contribution in [1.82, 2.24) is 25.3 Å². The number of rotatable bonds is 3. The molecule has 1 aliphatic rings. The van der Waals surface area contributed by atoms with Crippen LogP contribution >= 0.6 is 0 Å². The zero-order valence-corrected chi connectivity index (χ0v) is 14.0. The van der Waals surface area contributed by atoms with Crippen LogP contribution in [0.3, 0.4) is 0 Å². The van der Waals surface area contributed by atoms with Gasteiger partial charge in [0.25, 0.3) is 5.91 Å². The summed E-state index contributed by atoms with van der Waals surface area (Å²) in [5.41, 5.74) is 3.00. The number of hydrogen-bond donors (Lipinski definition) is 2. The Bertz CT molecular complexity index is 915. The van der Waals surface area contributed by atoms with E-state index in [-0.39, 0.29) is 5.91 Å². The summed E-state index contributed by atoms with van der Waals surface area (Å²) in [5, 5.41) is 14.7. The third-order valence-electron chi connectivity index (χ3n) is 4.81. The van der Waals surface area contributed by atoms with E-state index in [4.69, 9.17) is 0 Å². The van der Waals surface area contributed by atoms with Gasteiger partial charge in [0.05, 0.1) is 17.8 Å². The Morgan fingerprint density at radius 1 is 1.32 bits per heavy atom. The summed E-state index contributed by atoms with van der Waals surface area (Å²) < 4.78 is 15.7. The number of benzene rings is 1. The third-order valence-corrected chi connectivity index (χ3v) is 4.81. The van der Waals surface area contributed by atoms with Gasteiger partial charge >= 0.3 is 0 Å². The molecule has 1 aliphatic carbocycles. The molecule has 0 radical (unpaired) electrons. The van der Waals surface area contributed by atoms with Crippen molar-refractivity contribution in [3.8, 4) is 11.1 Å². The Morgan fingerprint density at radius 3 is 2.92 bits per heavy atom. The molecule has 3 aromatic rings. The second kappa shape index (κ2) is 6.31. The number of aryl methyl sites for hydroxylation is 1. The number of nitrogens with one attached hydrogen (secondary N) is 2. The molecule has 6 nitrogen and oxygen atoms in total. The van der Waals surface area contributed by atoms with Gasteiger partial charge in [0.2, 0.25) is 0 Å². The highest BCUT2D eigenvalue weighted by Gasteiger charge is 2.27. The molecule has 25 heavy (non-hydrogen) atoms. The van der Waals surface area contributed by atoms with Crippen LogP contribution in [0.15, 0.2) is 30.6 Å². The summed E-state index contributed by atoms with van der Waals surface area (Å²) in [5.74, 6) is -0.330. The molecular weight excluding hydrogens is 321 g/mol. The predicted octanol–water partition coefficient (Wildman–Crippen LogP) is 2.97. The molecule has 2 N–H and O–H groups in total. The number of amides is 1. The standard InChI is InChI=1S/C18H20FN5O/c1-24-10-12(9-20-24)11-6-7-15-13(8-11)17(23-22-15)18(25)21-16-5-3-2-4-14(16)19/h6-10,14,16H,2-5H2,1H3,(H,21,25)(H,22,23)/t14-,16-/m1/s1. The molecule has 0 saturated heterocycles. The number of fused-ring (bicyclic) bond motifs is 1. The van der Waals surface area contributed by atoms with E-state index >= 15 is 0 Å². The maximum absolute atomic E-state index is 14.0. The smallest absolute Gasteiger partial charge is 0.272 e. The Kier molecular flexibility index (Phi) is 3.99. The van der Waals surface area contributed by atoms with Crippen LogP contribution in [0.2, 0.25) is 0 Å². The van der Waals surface area contributed by atoms with Gasteiger partial charge < -0.3 is 5.32 Å². The monoisotopic (exact) mass is 341 g/mol. The van der Waals surface area contributed by atoms with Crippen LogP contribution in [0.25, 0.3) is 22.0 Å². The molecule has 7 heteroatoms. The molecule has 1 aromatic carbocycles. The van der Waals surface area contributed by atoms with Gasteiger partial charge in [-0.05, 0) is 30.5 Å². The van der Waals surface area contributed by atoms with Gasteiger partial charge in [0.1, 0.15) is 6.17 Å². The summed E-state index contributed by atoms with van der Waals surface area (Å²) in [6, 6.07) is 5.34. The van der Waals surface area contributed by atoms with Crippen LogP contribution in [-0.4, -0.2) is 38.1 Å². The number of hydrogen-bond acceptors (Lipinski definition) is 3. The summed E-state index contributed by atoms with van der Waals surface area (Å²) in [6.07, 6.45) is 5.72. The number of H-pyrrole nitrogens is 1.